The molecule has 1 atom stereocenters. The van der Waals surface area contributed by atoms with Crippen LogP contribution < -0.4 is 15.6 Å². The summed E-state index contributed by atoms with van der Waals surface area (Å²) in [5, 5.41) is 0. The highest BCUT2D eigenvalue weighted by molar-refractivity contribution is 9.10. The van der Waals surface area contributed by atoms with Crippen LogP contribution in [0.15, 0.2) is 41.0 Å². The highest BCUT2D eigenvalue weighted by Crippen LogP contribution is 2.17. The van der Waals surface area contributed by atoms with Crippen molar-refractivity contribution in [2.45, 2.75) is 26.5 Å². The number of nitrogens with one attached hydrogen (secondary N) is 2. The number of halogens is 2. The summed E-state index contributed by atoms with van der Waals surface area (Å²) >= 11 is 3.30. The summed E-state index contributed by atoms with van der Waals surface area (Å²) in [5.41, 5.74) is 4.98. The van der Waals surface area contributed by atoms with Crippen molar-refractivity contribution in [2.75, 3.05) is 0 Å². The molecule has 2 rings (SSSR count). The van der Waals surface area contributed by atoms with Gasteiger partial charge in [-0.2, -0.15) is 0 Å². The molecule has 1 aromatic heterocycles. The minimum Gasteiger partial charge on any atom is -0.478 e. The number of benzene rings is 1. The van der Waals surface area contributed by atoms with Gasteiger partial charge in [0.2, 0.25) is 0 Å². The van der Waals surface area contributed by atoms with Crippen molar-refractivity contribution in [1.29, 1.82) is 0 Å². The van der Waals surface area contributed by atoms with E-state index in [0.29, 0.717) is 12.2 Å². The molecule has 0 radical (unpaired) electrons. The van der Waals surface area contributed by atoms with Crippen LogP contribution in [0.1, 0.15) is 24.3 Å². The summed E-state index contributed by atoms with van der Waals surface area (Å²) in [6.45, 7) is 3.96. The molecule has 6 nitrogen and oxygen atoms in total. The lowest BCUT2D eigenvalue weighted by molar-refractivity contribution is -0.128. The monoisotopic (exact) mass is 397 g/mol. The summed E-state index contributed by atoms with van der Waals surface area (Å²) in [6, 6.07) is 7.42. The zero-order valence-electron chi connectivity index (χ0n) is 13.2. The number of aromatic nitrogens is 1. The van der Waals surface area contributed by atoms with Crippen molar-refractivity contribution >= 4 is 27.7 Å². The van der Waals surface area contributed by atoms with E-state index >= 15 is 0 Å². The number of para-hydroxylation sites is 1. The number of carbonyl (C=O) groups excluding carboxylic acids is 2. The number of amides is 2. The summed E-state index contributed by atoms with van der Waals surface area (Å²) in [5.74, 6) is -1.66. The average molecular weight is 398 g/mol. The normalized spacial score (nSPS) is 11.7. The lowest BCUT2D eigenvalue weighted by Gasteiger charge is -2.15. The SMILES string of the molecule is CCn1cc(Br)cc1C(=O)NNC(=O)C(C)Oc1ccccc1F. The van der Waals surface area contributed by atoms with Crippen LogP contribution in [-0.2, 0) is 11.3 Å². The minimum absolute atomic E-state index is 0.0322. The lowest BCUT2D eigenvalue weighted by atomic mass is 10.3. The van der Waals surface area contributed by atoms with Gasteiger partial charge in [-0.25, -0.2) is 4.39 Å². The second-order valence-corrected chi connectivity index (χ2v) is 5.88. The summed E-state index contributed by atoms with van der Waals surface area (Å²) < 4.78 is 21.2. The third-order valence-corrected chi connectivity index (χ3v) is 3.68. The fraction of sp³-hybridized carbons (Fsp3) is 0.250. The molecule has 1 heterocycles. The maximum Gasteiger partial charge on any atom is 0.286 e. The number of hydrogen-bond donors (Lipinski definition) is 2. The molecular weight excluding hydrogens is 381 g/mol. The van der Waals surface area contributed by atoms with Crippen molar-refractivity contribution < 1.29 is 18.7 Å². The van der Waals surface area contributed by atoms with Crippen molar-refractivity contribution in [1.82, 2.24) is 15.4 Å². The number of hydrazine groups is 1. The molecule has 0 saturated heterocycles. The molecule has 0 aliphatic carbocycles. The molecule has 0 aliphatic heterocycles. The lowest BCUT2D eigenvalue weighted by Crippen LogP contribution is -2.47. The largest absolute Gasteiger partial charge is 0.478 e. The maximum absolute atomic E-state index is 13.5. The second kappa shape index (κ2) is 7.96. The predicted molar refractivity (Wildman–Crippen MR) is 89.9 cm³/mol. The third-order valence-electron chi connectivity index (χ3n) is 3.25. The number of aryl methyl sites for hydroxylation is 1. The molecule has 1 unspecified atom stereocenters. The van der Waals surface area contributed by atoms with E-state index in [2.05, 4.69) is 26.8 Å². The van der Waals surface area contributed by atoms with Gasteiger partial charge in [-0.15, -0.1) is 0 Å². The molecular formula is C16H17BrFN3O3. The molecule has 128 valence electrons. The highest BCUT2D eigenvalue weighted by atomic mass is 79.9. The van der Waals surface area contributed by atoms with Crippen LogP contribution in [0.5, 0.6) is 5.75 Å². The first-order valence-corrected chi connectivity index (χ1v) is 8.08. The summed E-state index contributed by atoms with van der Waals surface area (Å²) in [6.07, 6.45) is 0.785. The average Bonchev–Trinajstić information content (AvgIpc) is 2.95. The molecule has 0 bridgehead atoms. The van der Waals surface area contributed by atoms with Gasteiger partial charge in [0.1, 0.15) is 5.69 Å². The third kappa shape index (κ3) is 4.35. The number of rotatable bonds is 5. The van der Waals surface area contributed by atoms with Crippen molar-refractivity contribution in [3.05, 3.63) is 52.5 Å². The molecule has 8 heteroatoms. The first kappa shape index (κ1) is 18.0. The molecule has 2 N–H and O–H groups in total. The Morgan fingerprint density at radius 3 is 2.71 bits per heavy atom. The summed E-state index contributed by atoms with van der Waals surface area (Å²) in [7, 11) is 0. The molecule has 24 heavy (non-hydrogen) atoms. The van der Waals surface area contributed by atoms with E-state index in [-0.39, 0.29) is 5.75 Å². The van der Waals surface area contributed by atoms with Crippen LogP contribution in [0.4, 0.5) is 4.39 Å². The van der Waals surface area contributed by atoms with Crippen LogP contribution in [0, 0.1) is 5.82 Å². The van der Waals surface area contributed by atoms with Gasteiger partial charge in [-0.3, -0.25) is 20.4 Å². The fourth-order valence-corrected chi connectivity index (χ4v) is 2.46. The van der Waals surface area contributed by atoms with E-state index < -0.39 is 23.7 Å². The molecule has 0 fully saturated rings. The van der Waals surface area contributed by atoms with Gasteiger partial charge in [0.05, 0.1) is 0 Å². The Morgan fingerprint density at radius 1 is 1.33 bits per heavy atom. The Morgan fingerprint density at radius 2 is 2.04 bits per heavy atom. The Labute approximate surface area is 147 Å². The van der Waals surface area contributed by atoms with Gasteiger partial charge in [0.15, 0.2) is 17.7 Å². The molecule has 0 aliphatic rings. The molecule has 0 spiro atoms. The minimum atomic E-state index is -0.980. The number of nitrogens with zero attached hydrogens (tertiary/aromatic N) is 1. The van der Waals surface area contributed by atoms with Crippen molar-refractivity contribution in [2.24, 2.45) is 0 Å². The predicted octanol–water partition coefficient (Wildman–Crippen LogP) is 2.64. The van der Waals surface area contributed by atoms with E-state index in [4.69, 9.17) is 4.74 Å². The molecule has 2 aromatic rings. The maximum atomic E-state index is 13.5. The van der Waals surface area contributed by atoms with E-state index in [9.17, 15) is 14.0 Å². The van der Waals surface area contributed by atoms with Crippen molar-refractivity contribution in [3.63, 3.8) is 0 Å². The first-order chi connectivity index (χ1) is 11.4. The van der Waals surface area contributed by atoms with Crippen molar-refractivity contribution in [3.8, 4) is 5.75 Å². The van der Waals surface area contributed by atoms with Crippen LogP contribution in [-0.4, -0.2) is 22.5 Å². The van der Waals surface area contributed by atoms with Gasteiger partial charge < -0.3 is 9.30 Å². The second-order valence-electron chi connectivity index (χ2n) is 4.96. The van der Waals surface area contributed by atoms with E-state index in [1.165, 1.54) is 25.1 Å². The first-order valence-electron chi connectivity index (χ1n) is 7.29. The van der Waals surface area contributed by atoms with Gasteiger partial charge >= 0.3 is 0 Å². The number of ether oxygens (including phenoxy) is 1. The van der Waals surface area contributed by atoms with E-state index in [1.54, 1.807) is 22.9 Å². The molecule has 0 saturated carbocycles. The van der Waals surface area contributed by atoms with Gasteiger partial charge in [-0.05, 0) is 48.0 Å². The Bertz CT molecular complexity index is 748. The quantitative estimate of drug-likeness (QED) is 0.761. The standard InChI is InChI=1S/C16H17BrFN3O3/c1-3-21-9-11(17)8-13(21)16(23)20-19-15(22)10(2)24-14-7-5-4-6-12(14)18/h4-10H,3H2,1-2H3,(H,19,22)(H,20,23). The van der Waals surface area contributed by atoms with Crippen LogP contribution in [0.3, 0.4) is 0 Å². The topological polar surface area (TPSA) is 72.4 Å². The van der Waals surface area contributed by atoms with Crippen LogP contribution >= 0.6 is 15.9 Å². The van der Waals surface area contributed by atoms with E-state index in [0.717, 1.165) is 4.47 Å². The fourth-order valence-electron chi connectivity index (χ4n) is 2.00. The zero-order chi connectivity index (χ0) is 17.7. The Kier molecular flexibility index (Phi) is 5.97. The zero-order valence-corrected chi connectivity index (χ0v) is 14.8. The Hall–Kier alpha value is -2.35. The number of hydrogen-bond acceptors (Lipinski definition) is 3. The number of carbonyl (C=O) groups is 2. The smallest absolute Gasteiger partial charge is 0.286 e. The van der Waals surface area contributed by atoms with Crippen LogP contribution in [0.2, 0.25) is 0 Å². The van der Waals surface area contributed by atoms with E-state index in [1.807, 2.05) is 6.92 Å². The summed E-state index contributed by atoms with van der Waals surface area (Å²) in [4.78, 5) is 24.1. The highest BCUT2D eigenvalue weighted by Gasteiger charge is 2.18. The Balaban J connectivity index is 1.92. The van der Waals surface area contributed by atoms with Gasteiger partial charge in [0, 0.05) is 17.2 Å². The molecule has 1 aromatic carbocycles. The van der Waals surface area contributed by atoms with Crippen LogP contribution in [0.25, 0.3) is 0 Å². The molecule has 2 amide bonds. The van der Waals surface area contributed by atoms with Gasteiger partial charge in [-0.1, -0.05) is 12.1 Å². The van der Waals surface area contributed by atoms with Gasteiger partial charge in [0.25, 0.3) is 11.8 Å².